The third-order valence-electron chi connectivity index (χ3n) is 8.93. The molecule has 0 saturated carbocycles. The highest BCUT2D eigenvalue weighted by Gasteiger charge is 2.40. The average molecular weight is 505 g/mol. The van der Waals surface area contributed by atoms with Crippen LogP contribution in [0.15, 0.2) is 30.3 Å². The second kappa shape index (κ2) is 10.7. The highest BCUT2D eigenvalue weighted by molar-refractivity contribution is 5.71. The molecule has 2 aromatic rings. The molecule has 3 saturated heterocycles. The molecule has 37 heavy (non-hydrogen) atoms. The smallest absolute Gasteiger partial charge is 0.407 e. The molecule has 0 spiro atoms. The van der Waals surface area contributed by atoms with Crippen molar-refractivity contribution in [3.05, 3.63) is 52.6 Å². The zero-order valence-electron chi connectivity index (χ0n) is 23.4. The van der Waals surface area contributed by atoms with Gasteiger partial charge in [-0.05, 0) is 116 Å². The molecule has 5 heteroatoms. The number of hydrogen-bond acceptors (Lipinski definition) is 4. The Morgan fingerprint density at radius 2 is 1.81 bits per heavy atom. The number of carbonyl (C=O) groups excluding carboxylic acids is 1. The summed E-state index contributed by atoms with van der Waals surface area (Å²) >= 11 is 0. The van der Waals surface area contributed by atoms with Gasteiger partial charge in [0.1, 0.15) is 11.9 Å². The van der Waals surface area contributed by atoms with Crippen molar-refractivity contribution in [1.29, 1.82) is 0 Å². The van der Waals surface area contributed by atoms with Gasteiger partial charge in [0.2, 0.25) is 0 Å². The number of fused-ring (bicyclic) bond motifs is 4. The van der Waals surface area contributed by atoms with Gasteiger partial charge in [-0.1, -0.05) is 45.4 Å². The monoisotopic (exact) mass is 504 g/mol. The lowest BCUT2D eigenvalue weighted by molar-refractivity contribution is -0.0353. The highest BCUT2D eigenvalue weighted by Crippen LogP contribution is 2.45. The molecule has 3 aliphatic heterocycles. The van der Waals surface area contributed by atoms with Gasteiger partial charge in [0.05, 0.1) is 12.6 Å². The first kappa shape index (κ1) is 26.1. The van der Waals surface area contributed by atoms with Crippen molar-refractivity contribution in [2.75, 3.05) is 26.2 Å². The highest BCUT2D eigenvalue weighted by atomic mass is 16.6. The predicted octanol–water partition coefficient (Wildman–Crippen LogP) is 6.98. The Kier molecular flexibility index (Phi) is 7.53. The van der Waals surface area contributed by atoms with Gasteiger partial charge in [-0.3, -0.25) is 4.90 Å². The number of benzene rings is 2. The Balaban J connectivity index is 1.33. The van der Waals surface area contributed by atoms with E-state index in [0.29, 0.717) is 5.92 Å². The van der Waals surface area contributed by atoms with E-state index in [1.807, 2.05) is 0 Å². The summed E-state index contributed by atoms with van der Waals surface area (Å²) in [5.74, 6) is 1.53. The van der Waals surface area contributed by atoms with Crippen LogP contribution in [-0.4, -0.2) is 43.3 Å². The molecule has 1 N–H and O–H groups in total. The minimum absolute atomic E-state index is 0.0245. The Morgan fingerprint density at radius 3 is 2.46 bits per heavy atom. The number of hydrogen-bond donors (Lipinski definition) is 1. The topological polar surface area (TPSA) is 50.8 Å². The number of piperidine rings is 3. The molecule has 1 aliphatic carbocycles. The summed E-state index contributed by atoms with van der Waals surface area (Å²) in [4.78, 5) is 15.5. The molecule has 6 rings (SSSR count). The van der Waals surface area contributed by atoms with Gasteiger partial charge in [-0.15, -0.1) is 0 Å². The quantitative estimate of drug-likeness (QED) is 0.413. The minimum Gasteiger partial charge on any atom is -0.493 e. The average Bonchev–Trinajstić information content (AvgIpc) is 2.88. The zero-order chi connectivity index (χ0) is 26.2. The van der Waals surface area contributed by atoms with Gasteiger partial charge >= 0.3 is 6.09 Å². The Hall–Kier alpha value is -2.53. The predicted molar refractivity (Wildman–Crippen MR) is 149 cm³/mol. The van der Waals surface area contributed by atoms with Crippen LogP contribution in [-0.2, 0) is 11.2 Å². The van der Waals surface area contributed by atoms with E-state index in [9.17, 15) is 4.79 Å². The molecule has 5 nitrogen and oxygen atoms in total. The maximum atomic E-state index is 13.1. The van der Waals surface area contributed by atoms with Gasteiger partial charge in [-0.2, -0.15) is 0 Å². The van der Waals surface area contributed by atoms with Crippen LogP contribution < -0.4 is 10.1 Å². The zero-order valence-corrected chi connectivity index (χ0v) is 23.4. The first-order valence-corrected chi connectivity index (χ1v) is 14.3. The van der Waals surface area contributed by atoms with Crippen LogP contribution in [0.5, 0.6) is 5.75 Å². The Labute approximate surface area is 222 Å². The summed E-state index contributed by atoms with van der Waals surface area (Å²) in [5, 5.41) is 3.29. The molecule has 3 heterocycles. The van der Waals surface area contributed by atoms with E-state index in [1.54, 1.807) is 0 Å². The maximum absolute atomic E-state index is 13.1. The number of carbonyl (C=O) groups is 1. The number of amides is 1. The molecule has 2 aromatic carbocycles. The number of nitrogens with one attached hydrogen (secondary N) is 1. The fourth-order valence-electron chi connectivity index (χ4n) is 6.58. The second-order valence-electron chi connectivity index (χ2n) is 12.2. The van der Waals surface area contributed by atoms with E-state index < -0.39 is 0 Å². The molecule has 4 aliphatic rings. The third-order valence-corrected chi connectivity index (χ3v) is 8.93. The number of alkyl carbamates (subject to hydrolysis) is 1. The van der Waals surface area contributed by atoms with E-state index in [1.165, 1.54) is 33.4 Å². The summed E-state index contributed by atoms with van der Waals surface area (Å²) in [6.07, 6.45) is 6.29. The fraction of sp³-hybridized carbons (Fsp3) is 0.594. The van der Waals surface area contributed by atoms with E-state index in [4.69, 9.17) is 9.47 Å². The molecule has 0 radical (unpaired) electrons. The molecular weight excluding hydrogens is 460 g/mol. The molecule has 1 amide bonds. The molecule has 2 atom stereocenters. The molecular formula is C32H44N2O3. The van der Waals surface area contributed by atoms with Crippen LogP contribution in [0.25, 0.3) is 11.1 Å². The molecule has 0 aromatic heterocycles. The lowest BCUT2D eigenvalue weighted by Gasteiger charge is -2.44. The Morgan fingerprint density at radius 1 is 1.08 bits per heavy atom. The van der Waals surface area contributed by atoms with Crippen LogP contribution in [0.4, 0.5) is 4.79 Å². The van der Waals surface area contributed by atoms with Gasteiger partial charge in [0.15, 0.2) is 0 Å². The van der Waals surface area contributed by atoms with E-state index >= 15 is 0 Å². The summed E-state index contributed by atoms with van der Waals surface area (Å²) < 4.78 is 12.1. The summed E-state index contributed by atoms with van der Waals surface area (Å²) in [7, 11) is 0. The minimum atomic E-state index is -0.265. The standard InChI is InChI=1S/C32H44N2O3/c1-6-7-16-36-29-21(2)17-26(18-22(29)3)24-8-9-27-25(19-24)10-13-32(4,5)30(27)33-31(35)37-28-20-34-14-11-23(28)12-15-34/h8-9,17-19,23,28,30H,6-7,10-16,20H2,1-5H3,(H,33,35)/t28-,30-/m0/s1. The molecule has 3 fully saturated rings. The normalized spacial score (nSPS) is 25.9. The third kappa shape index (κ3) is 5.52. The van der Waals surface area contributed by atoms with Gasteiger partial charge in [0.25, 0.3) is 0 Å². The van der Waals surface area contributed by atoms with Gasteiger partial charge in [-0.25, -0.2) is 4.79 Å². The number of unbranched alkanes of at least 4 members (excludes halogenated alkanes) is 1. The van der Waals surface area contributed by atoms with Crippen molar-refractivity contribution < 1.29 is 14.3 Å². The summed E-state index contributed by atoms with van der Waals surface area (Å²) in [6.45, 7) is 14.9. The van der Waals surface area contributed by atoms with Crippen LogP contribution in [0.1, 0.15) is 81.2 Å². The van der Waals surface area contributed by atoms with E-state index in [-0.39, 0.29) is 23.7 Å². The largest absolute Gasteiger partial charge is 0.493 e. The maximum Gasteiger partial charge on any atom is 0.407 e. The van der Waals surface area contributed by atoms with Gasteiger partial charge < -0.3 is 14.8 Å². The van der Waals surface area contributed by atoms with Crippen LogP contribution in [0, 0.1) is 25.2 Å². The SMILES string of the molecule is CCCCOc1c(C)cc(-c2ccc3c(c2)CCC(C)(C)[C@H]3NC(=O)O[C@H]2CN3CCC2CC3)cc1C. The van der Waals surface area contributed by atoms with Gasteiger partial charge in [0, 0.05) is 6.54 Å². The first-order chi connectivity index (χ1) is 17.7. The van der Waals surface area contributed by atoms with Crippen molar-refractivity contribution >= 4 is 6.09 Å². The fourth-order valence-corrected chi connectivity index (χ4v) is 6.58. The van der Waals surface area contributed by atoms with Crippen LogP contribution in [0.2, 0.25) is 0 Å². The van der Waals surface area contributed by atoms with Crippen molar-refractivity contribution in [3.63, 3.8) is 0 Å². The number of aryl methyl sites for hydroxylation is 3. The lowest BCUT2D eigenvalue weighted by atomic mass is 9.70. The molecule has 2 bridgehead atoms. The van der Waals surface area contributed by atoms with E-state index in [0.717, 1.165) is 70.5 Å². The number of ether oxygens (including phenoxy) is 2. The number of nitrogens with zero attached hydrogens (tertiary/aromatic N) is 1. The molecule has 200 valence electrons. The Bertz CT molecular complexity index is 1110. The number of rotatable bonds is 7. The lowest BCUT2D eigenvalue weighted by Crippen LogP contribution is -2.53. The molecule has 0 unspecified atom stereocenters. The summed E-state index contributed by atoms with van der Waals surface area (Å²) in [5.41, 5.74) is 7.31. The van der Waals surface area contributed by atoms with Crippen molar-refractivity contribution in [2.24, 2.45) is 11.3 Å². The van der Waals surface area contributed by atoms with E-state index in [2.05, 4.69) is 75.2 Å². The first-order valence-electron chi connectivity index (χ1n) is 14.3. The van der Waals surface area contributed by atoms with Crippen molar-refractivity contribution in [1.82, 2.24) is 10.2 Å². The van der Waals surface area contributed by atoms with Crippen LogP contribution >= 0.6 is 0 Å². The van der Waals surface area contributed by atoms with Crippen molar-refractivity contribution in [3.8, 4) is 16.9 Å². The van der Waals surface area contributed by atoms with Crippen LogP contribution in [0.3, 0.4) is 0 Å². The summed E-state index contributed by atoms with van der Waals surface area (Å²) in [6, 6.07) is 11.2. The second-order valence-corrected chi connectivity index (χ2v) is 12.2. The van der Waals surface area contributed by atoms with Crippen molar-refractivity contribution in [2.45, 2.75) is 85.3 Å².